The lowest BCUT2D eigenvalue weighted by Crippen LogP contribution is -2.39. The minimum atomic E-state index is -0.103. The third kappa shape index (κ3) is 3.64. The molecule has 1 aromatic carbocycles. The average Bonchev–Trinajstić information content (AvgIpc) is 2.49. The van der Waals surface area contributed by atoms with Gasteiger partial charge >= 0.3 is 0 Å². The van der Waals surface area contributed by atoms with Gasteiger partial charge < -0.3 is 10.6 Å². The van der Waals surface area contributed by atoms with Crippen LogP contribution in [0.3, 0.4) is 0 Å². The van der Waals surface area contributed by atoms with E-state index in [0.717, 1.165) is 18.8 Å². The quantitative estimate of drug-likeness (QED) is 0.823. The molecule has 1 amide bonds. The molecule has 0 heterocycles. The van der Waals surface area contributed by atoms with Crippen molar-refractivity contribution >= 4 is 34.8 Å². The Balaban J connectivity index is 2.13. The first-order valence-corrected chi connectivity index (χ1v) is 8.21. The van der Waals surface area contributed by atoms with Crippen molar-refractivity contribution in [3.63, 3.8) is 0 Å². The van der Waals surface area contributed by atoms with Crippen molar-refractivity contribution < 1.29 is 4.79 Å². The molecule has 0 radical (unpaired) electrons. The van der Waals surface area contributed by atoms with Crippen LogP contribution in [0.5, 0.6) is 0 Å². The summed E-state index contributed by atoms with van der Waals surface area (Å²) >= 11 is 12.2. The maximum absolute atomic E-state index is 12.6. The van der Waals surface area contributed by atoms with Crippen molar-refractivity contribution in [1.82, 2.24) is 4.90 Å². The minimum Gasteiger partial charge on any atom is -0.399 e. The van der Waals surface area contributed by atoms with Crippen molar-refractivity contribution in [3.8, 4) is 0 Å². The van der Waals surface area contributed by atoms with E-state index in [4.69, 9.17) is 28.9 Å². The number of nitrogen functional groups attached to an aromatic ring is 1. The molecule has 1 aliphatic carbocycles. The summed E-state index contributed by atoms with van der Waals surface area (Å²) in [6.07, 6.45) is 5.69. The first-order chi connectivity index (χ1) is 9.93. The second kappa shape index (κ2) is 6.89. The summed E-state index contributed by atoms with van der Waals surface area (Å²) in [6, 6.07) is 3.44. The van der Waals surface area contributed by atoms with Crippen LogP contribution in [-0.2, 0) is 0 Å². The van der Waals surface area contributed by atoms with Crippen LogP contribution in [0.2, 0.25) is 10.0 Å². The molecule has 0 aromatic heterocycles. The third-order valence-electron chi connectivity index (χ3n) is 4.54. The van der Waals surface area contributed by atoms with E-state index in [1.165, 1.54) is 19.3 Å². The van der Waals surface area contributed by atoms with Crippen LogP contribution >= 0.6 is 23.2 Å². The number of nitrogens with two attached hydrogens (primary N) is 1. The van der Waals surface area contributed by atoms with E-state index in [-0.39, 0.29) is 17.0 Å². The molecular formula is C16H22Cl2N2O. The molecule has 2 rings (SSSR count). The zero-order valence-corrected chi connectivity index (χ0v) is 14.0. The molecule has 0 bridgehead atoms. The predicted octanol–water partition coefficient (Wildman–Crippen LogP) is 4.62. The molecule has 0 unspecified atom stereocenters. The lowest BCUT2D eigenvalue weighted by molar-refractivity contribution is 0.0675. The van der Waals surface area contributed by atoms with Gasteiger partial charge in [-0.3, -0.25) is 4.79 Å². The fourth-order valence-corrected chi connectivity index (χ4v) is 3.48. The maximum Gasteiger partial charge on any atom is 0.255 e. The summed E-state index contributed by atoms with van der Waals surface area (Å²) in [5, 5.41) is 0.605. The van der Waals surface area contributed by atoms with Gasteiger partial charge in [0, 0.05) is 18.8 Å². The Morgan fingerprint density at radius 2 is 1.90 bits per heavy atom. The molecule has 1 saturated carbocycles. The van der Waals surface area contributed by atoms with Crippen LogP contribution in [-0.4, -0.2) is 23.9 Å². The Kier molecular flexibility index (Phi) is 5.39. The number of benzene rings is 1. The Morgan fingerprint density at radius 1 is 1.29 bits per heavy atom. The second-order valence-corrected chi connectivity index (χ2v) is 6.65. The first-order valence-electron chi connectivity index (χ1n) is 7.45. The highest BCUT2D eigenvalue weighted by Gasteiger charge is 2.27. The number of nitrogens with zero attached hydrogens (tertiary/aromatic N) is 1. The smallest absolute Gasteiger partial charge is 0.255 e. The van der Waals surface area contributed by atoms with E-state index in [1.54, 1.807) is 17.0 Å². The van der Waals surface area contributed by atoms with Gasteiger partial charge in [0.1, 0.15) is 0 Å². The van der Waals surface area contributed by atoms with Crippen molar-refractivity contribution in [1.29, 1.82) is 0 Å². The van der Waals surface area contributed by atoms with Crippen molar-refractivity contribution in [3.05, 3.63) is 27.7 Å². The Hall–Kier alpha value is -0.930. The number of anilines is 1. The van der Waals surface area contributed by atoms with Crippen LogP contribution in [0, 0.1) is 5.92 Å². The predicted molar refractivity (Wildman–Crippen MR) is 89.0 cm³/mol. The molecule has 0 atom stereocenters. The van der Waals surface area contributed by atoms with Gasteiger partial charge in [0.25, 0.3) is 5.91 Å². The van der Waals surface area contributed by atoms with Crippen LogP contribution in [0.15, 0.2) is 12.1 Å². The highest BCUT2D eigenvalue weighted by atomic mass is 35.5. The number of carbonyl (C=O) groups is 1. The molecule has 116 valence electrons. The monoisotopic (exact) mass is 328 g/mol. The number of hydrogen-bond donors (Lipinski definition) is 1. The van der Waals surface area contributed by atoms with Crippen LogP contribution < -0.4 is 5.73 Å². The van der Waals surface area contributed by atoms with E-state index in [9.17, 15) is 4.79 Å². The van der Waals surface area contributed by atoms with Gasteiger partial charge in [0.15, 0.2) is 0 Å². The first kappa shape index (κ1) is 16.4. The van der Waals surface area contributed by atoms with E-state index in [0.29, 0.717) is 16.3 Å². The third-order valence-corrected chi connectivity index (χ3v) is 5.34. The number of amides is 1. The lowest BCUT2D eigenvalue weighted by Gasteiger charge is -2.34. The van der Waals surface area contributed by atoms with Gasteiger partial charge in [-0.2, -0.15) is 0 Å². The Labute approximate surface area is 136 Å². The topological polar surface area (TPSA) is 46.3 Å². The molecule has 2 N–H and O–H groups in total. The zero-order valence-electron chi connectivity index (χ0n) is 12.5. The zero-order chi connectivity index (χ0) is 15.6. The molecule has 0 spiro atoms. The van der Waals surface area contributed by atoms with E-state index in [2.05, 4.69) is 6.92 Å². The van der Waals surface area contributed by atoms with Gasteiger partial charge in [-0.1, -0.05) is 36.5 Å². The minimum absolute atomic E-state index is 0.103. The van der Waals surface area contributed by atoms with Crippen molar-refractivity contribution in [2.75, 3.05) is 12.8 Å². The SMILES string of the molecule is CCC1CCC(N(C)C(=O)c2cc(N)cc(Cl)c2Cl)CC1. The Morgan fingerprint density at radius 3 is 2.48 bits per heavy atom. The largest absolute Gasteiger partial charge is 0.399 e. The highest BCUT2D eigenvalue weighted by molar-refractivity contribution is 6.44. The summed E-state index contributed by atoms with van der Waals surface area (Å²) in [4.78, 5) is 14.4. The summed E-state index contributed by atoms with van der Waals surface area (Å²) in [7, 11) is 1.84. The van der Waals surface area contributed by atoms with Gasteiger partial charge in [-0.15, -0.1) is 0 Å². The molecule has 0 aliphatic heterocycles. The molecular weight excluding hydrogens is 307 g/mol. The highest BCUT2D eigenvalue weighted by Crippen LogP contribution is 2.32. The standard InChI is InChI=1S/C16H22Cl2N2O/c1-3-10-4-6-12(7-5-10)20(2)16(21)13-8-11(19)9-14(17)15(13)18/h8-10,12H,3-7,19H2,1-2H3. The Bertz CT molecular complexity index is 525. The average molecular weight is 329 g/mol. The summed E-state index contributed by atoms with van der Waals surface area (Å²) < 4.78 is 0. The molecule has 21 heavy (non-hydrogen) atoms. The molecule has 0 saturated heterocycles. The summed E-state index contributed by atoms with van der Waals surface area (Å²) in [5.74, 6) is 0.698. The van der Waals surface area contributed by atoms with Gasteiger partial charge in [0.2, 0.25) is 0 Å². The summed E-state index contributed by atoms with van der Waals surface area (Å²) in [6.45, 7) is 2.23. The fourth-order valence-electron chi connectivity index (χ4n) is 3.06. The molecule has 5 heteroatoms. The van der Waals surface area contributed by atoms with Crippen LogP contribution in [0.4, 0.5) is 5.69 Å². The van der Waals surface area contributed by atoms with Gasteiger partial charge in [-0.05, 0) is 43.7 Å². The van der Waals surface area contributed by atoms with Crippen LogP contribution in [0.1, 0.15) is 49.4 Å². The number of rotatable bonds is 3. The van der Waals surface area contributed by atoms with Gasteiger partial charge in [-0.25, -0.2) is 0 Å². The van der Waals surface area contributed by atoms with E-state index < -0.39 is 0 Å². The molecule has 1 aromatic rings. The van der Waals surface area contributed by atoms with E-state index in [1.807, 2.05) is 7.05 Å². The van der Waals surface area contributed by atoms with Crippen molar-refractivity contribution in [2.24, 2.45) is 5.92 Å². The number of halogens is 2. The number of carbonyl (C=O) groups excluding carboxylic acids is 1. The van der Waals surface area contributed by atoms with Crippen molar-refractivity contribution in [2.45, 2.75) is 45.1 Å². The maximum atomic E-state index is 12.6. The van der Waals surface area contributed by atoms with Crippen LogP contribution in [0.25, 0.3) is 0 Å². The normalized spacial score (nSPS) is 22.1. The second-order valence-electron chi connectivity index (χ2n) is 5.86. The summed E-state index contributed by atoms with van der Waals surface area (Å²) in [5.41, 5.74) is 6.61. The van der Waals surface area contributed by atoms with E-state index >= 15 is 0 Å². The van der Waals surface area contributed by atoms with Gasteiger partial charge in [0.05, 0.1) is 15.6 Å². The molecule has 1 aliphatic rings. The fraction of sp³-hybridized carbons (Fsp3) is 0.562. The molecule has 1 fully saturated rings. The lowest BCUT2D eigenvalue weighted by atomic mass is 9.84. The number of hydrogen-bond acceptors (Lipinski definition) is 2. The molecule has 3 nitrogen and oxygen atoms in total.